The van der Waals surface area contributed by atoms with Gasteiger partial charge in [-0.05, 0) is 22.3 Å². The van der Waals surface area contributed by atoms with E-state index in [0.717, 1.165) is 0 Å². The van der Waals surface area contributed by atoms with E-state index in [0.29, 0.717) is 16.7 Å². The topological polar surface area (TPSA) is 28.7 Å². The predicted octanol–water partition coefficient (Wildman–Crippen LogP) is 2.56. The molecule has 1 aliphatic carbocycles. The van der Waals surface area contributed by atoms with Gasteiger partial charge in [-0.2, -0.15) is 5.10 Å². The summed E-state index contributed by atoms with van der Waals surface area (Å²) in [6.07, 6.45) is 3.96. The minimum absolute atomic E-state index is 0.427. The average molecular weight is 164 g/mol. The van der Waals surface area contributed by atoms with E-state index in [-0.39, 0.29) is 0 Å². The molecule has 0 aromatic carbocycles. The van der Waals surface area contributed by atoms with Gasteiger partial charge in [0.1, 0.15) is 0 Å². The maximum absolute atomic E-state index is 3.99. The highest BCUT2D eigenvalue weighted by atomic mass is 15.1. The SMILES string of the molecule is CC1(C)C(c2cn[nH]c2)C1(C)C. The quantitative estimate of drug-likeness (QED) is 0.679. The molecule has 2 rings (SSSR count). The lowest BCUT2D eigenvalue weighted by Crippen LogP contribution is -1.95. The second-order valence-corrected chi connectivity index (χ2v) is 4.91. The third-order valence-corrected chi connectivity index (χ3v) is 3.87. The summed E-state index contributed by atoms with van der Waals surface area (Å²) < 4.78 is 0. The van der Waals surface area contributed by atoms with Crippen LogP contribution in [0.25, 0.3) is 0 Å². The van der Waals surface area contributed by atoms with E-state index in [1.165, 1.54) is 5.56 Å². The van der Waals surface area contributed by atoms with Crippen molar-refractivity contribution in [3.63, 3.8) is 0 Å². The van der Waals surface area contributed by atoms with E-state index in [2.05, 4.69) is 37.9 Å². The maximum Gasteiger partial charge on any atom is 0.0522 e. The van der Waals surface area contributed by atoms with Crippen molar-refractivity contribution in [3.8, 4) is 0 Å². The van der Waals surface area contributed by atoms with Gasteiger partial charge in [0.05, 0.1) is 6.20 Å². The molecule has 0 saturated heterocycles. The molecule has 0 spiro atoms. The van der Waals surface area contributed by atoms with Crippen molar-refractivity contribution < 1.29 is 0 Å². The van der Waals surface area contributed by atoms with Crippen LogP contribution in [0.4, 0.5) is 0 Å². The standard InChI is InChI=1S/C10H16N2/c1-9(2)8(10(9,3)4)7-5-11-12-6-7/h5-6,8H,1-4H3,(H,11,12). The van der Waals surface area contributed by atoms with Gasteiger partial charge in [-0.15, -0.1) is 0 Å². The first-order valence-electron chi connectivity index (χ1n) is 4.46. The third kappa shape index (κ3) is 0.728. The number of H-pyrrole nitrogens is 1. The Morgan fingerprint density at radius 1 is 1.25 bits per heavy atom. The van der Waals surface area contributed by atoms with Crippen LogP contribution in [0.2, 0.25) is 0 Å². The van der Waals surface area contributed by atoms with Crippen molar-refractivity contribution in [2.75, 3.05) is 0 Å². The predicted molar refractivity (Wildman–Crippen MR) is 48.9 cm³/mol. The molecular formula is C10H16N2. The number of nitrogens with one attached hydrogen (secondary N) is 1. The van der Waals surface area contributed by atoms with Crippen molar-refractivity contribution in [1.82, 2.24) is 10.2 Å². The molecule has 1 fully saturated rings. The fourth-order valence-electron chi connectivity index (χ4n) is 2.45. The van der Waals surface area contributed by atoms with E-state index in [1.807, 2.05) is 12.4 Å². The monoisotopic (exact) mass is 164 g/mol. The number of nitrogens with zero attached hydrogens (tertiary/aromatic N) is 1. The molecule has 0 aliphatic heterocycles. The molecule has 1 aliphatic rings. The summed E-state index contributed by atoms with van der Waals surface area (Å²) in [5.74, 6) is 0.670. The van der Waals surface area contributed by atoms with Gasteiger partial charge < -0.3 is 0 Å². The van der Waals surface area contributed by atoms with E-state index < -0.39 is 0 Å². The lowest BCUT2D eigenvalue weighted by atomic mass is 10.0. The summed E-state index contributed by atoms with van der Waals surface area (Å²) in [4.78, 5) is 0. The van der Waals surface area contributed by atoms with Crippen LogP contribution in [0.15, 0.2) is 12.4 Å². The zero-order chi connectivity index (χ0) is 8.98. The zero-order valence-electron chi connectivity index (χ0n) is 8.18. The Morgan fingerprint density at radius 2 is 1.83 bits per heavy atom. The van der Waals surface area contributed by atoms with Crippen molar-refractivity contribution in [2.24, 2.45) is 10.8 Å². The van der Waals surface area contributed by atoms with Crippen molar-refractivity contribution >= 4 is 0 Å². The van der Waals surface area contributed by atoms with Crippen LogP contribution >= 0.6 is 0 Å². The summed E-state index contributed by atoms with van der Waals surface area (Å²) in [7, 11) is 0. The smallest absolute Gasteiger partial charge is 0.0522 e. The van der Waals surface area contributed by atoms with Crippen molar-refractivity contribution in [1.29, 1.82) is 0 Å². The van der Waals surface area contributed by atoms with Gasteiger partial charge in [0.25, 0.3) is 0 Å². The Hall–Kier alpha value is -0.790. The first-order valence-corrected chi connectivity index (χ1v) is 4.46. The normalized spacial score (nSPS) is 25.7. The molecule has 0 atom stereocenters. The van der Waals surface area contributed by atoms with Gasteiger partial charge in [0.15, 0.2) is 0 Å². The number of aromatic amines is 1. The molecule has 66 valence electrons. The first-order chi connectivity index (χ1) is 5.48. The Labute approximate surface area is 73.4 Å². The fourth-order valence-corrected chi connectivity index (χ4v) is 2.45. The molecule has 2 nitrogen and oxygen atoms in total. The van der Waals surface area contributed by atoms with Crippen LogP contribution in [-0.4, -0.2) is 10.2 Å². The van der Waals surface area contributed by atoms with Crippen LogP contribution < -0.4 is 0 Å². The Bertz CT molecular complexity index is 269. The lowest BCUT2D eigenvalue weighted by Gasteiger charge is -2.03. The molecule has 1 aromatic rings. The molecule has 0 radical (unpaired) electrons. The van der Waals surface area contributed by atoms with Crippen molar-refractivity contribution in [3.05, 3.63) is 18.0 Å². The van der Waals surface area contributed by atoms with Crippen LogP contribution in [0, 0.1) is 10.8 Å². The summed E-state index contributed by atoms with van der Waals surface area (Å²) in [5.41, 5.74) is 2.21. The molecule has 1 heterocycles. The molecule has 1 saturated carbocycles. The summed E-state index contributed by atoms with van der Waals surface area (Å²) in [6, 6.07) is 0. The highest BCUT2D eigenvalue weighted by molar-refractivity contribution is 5.31. The molecule has 1 aromatic heterocycles. The Morgan fingerprint density at radius 3 is 2.17 bits per heavy atom. The largest absolute Gasteiger partial charge is 0.285 e. The van der Waals surface area contributed by atoms with Crippen LogP contribution in [0.1, 0.15) is 39.2 Å². The Balaban J connectivity index is 2.32. The minimum Gasteiger partial charge on any atom is -0.285 e. The minimum atomic E-state index is 0.427. The molecule has 1 N–H and O–H groups in total. The van der Waals surface area contributed by atoms with Crippen LogP contribution in [0.3, 0.4) is 0 Å². The summed E-state index contributed by atoms with van der Waals surface area (Å²) >= 11 is 0. The molecular weight excluding hydrogens is 148 g/mol. The second kappa shape index (κ2) is 1.93. The lowest BCUT2D eigenvalue weighted by molar-refractivity contribution is 0.457. The highest BCUT2D eigenvalue weighted by Gasteiger charge is 2.65. The third-order valence-electron chi connectivity index (χ3n) is 3.87. The van der Waals surface area contributed by atoms with Gasteiger partial charge >= 0.3 is 0 Å². The van der Waals surface area contributed by atoms with Crippen molar-refractivity contribution in [2.45, 2.75) is 33.6 Å². The zero-order valence-corrected chi connectivity index (χ0v) is 8.18. The number of hydrogen-bond acceptors (Lipinski definition) is 1. The van der Waals surface area contributed by atoms with E-state index in [1.54, 1.807) is 0 Å². The van der Waals surface area contributed by atoms with Gasteiger partial charge in [-0.3, -0.25) is 5.10 Å². The molecule has 12 heavy (non-hydrogen) atoms. The number of aromatic nitrogens is 2. The number of hydrogen-bond donors (Lipinski definition) is 1. The maximum atomic E-state index is 3.99. The van der Waals surface area contributed by atoms with E-state index in [9.17, 15) is 0 Å². The van der Waals surface area contributed by atoms with Crippen LogP contribution in [-0.2, 0) is 0 Å². The molecule has 2 heteroatoms. The summed E-state index contributed by atoms with van der Waals surface area (Å²) in [6.45, 7) is 9.30. The van der Waals surface area contributed by atoms with Gasteiger partial charge in [-0.1, -0.05) is 27.7 Å². The molecule has 0 amide bonds. The van der Waals surface area contributed by atoms with Gasteiger partial charge in [0.2, 0.25) is 0 Å². The molecule has 0 bridgehead atoms. The van der Waals surface area contributed by atoms with Gasteiger partial charge in [-0.25, -0.2) is 0 Å². The Kier molecular flexibility index (Phi) is 1.26. The highest BCUT2D eigenvalue weighted by Crippen LogP contribution is 2.73. The van der Waals surface area contributed by atoms with Crippen LogP contribution in [0.5, 0.6) is 0 Å². The summed E-state index contributed by atoms with van der Waals surface area (Å²) in [5, 5.41) is 6.87. The molecule has 0 unspecified atom stereocenters. The average Bonchev–Trinajstić information content (AvgIpc) is 2.39. The van der Waals surface area contributed by atoms with E-state index >= 15 is 0 Å². The van der Waals surface area contributed by atoms with Gasteiger partial charge in [0, 0.05) is 6.20 Å². The second-order valence-electron chi connectivity index (χ2n) is 4.91. The first kappa shape index (κ1) is 7.84. The fraction of sp³-hybridized carbons (Fsp3) is 0.700. The van der Waals surface area contributed by atoms with E-state index in [4.69, 9.17) is 0 Å². The number of rotatable bonds is 1.